The molecule has 3 radical (unpaired) electrons. The number of halogens is 3. The number of benzene rings is 2. The Morgan fingerprint density at radius 3 is 1.21 bits per heavy atom. The molecule has 0 unspecified atom stereocenters. The van der Waals surface area contributed by atoms with Gasteiger partial charge in [-0.25, -0.2) is 0 Å². The van der Waals surface area contributed by atoms with Crippen molar-refractivity contribution >= 4 is 8.41 Å². The van der Waals surface area contributed by atoms with Crippen LogP contribution in [0.1, 0.15) is 11.1 Å². The fourth-order valence-corrected chi connectivity index (χ4v) is 1.44. The molecule has 0 aliphatic heterocycles. The lowest BCUT2D eigenvalue weighted by Crippen LogP contribution is -1.93. The Morgan fingerprint density at radius 1 is 0.579 bits per heavy atom. The van der Waals surface area contributed by atoms with Crippen LogP contribution >= 0.6 is 0 Å². The van der Waals surface area contributed by atoms with Gasteiger partial charge in [0.05, 0.1) is 13.2 Å². The summed E-state index contributed by atoms with van der Waals surface area (Å²) in [7, 11) is 0. The van der Waals surface area contributed by atoms with Crippen molar-refractivity contribution < 1.29 is 18.9 Å². The molecule has 0 bridgehead atoms. The van der Waals surface area contributed by atoms with Crippen LogP contribution in [-0.2, 0) is 18.0 Å². The standard InChI is InChI=1S/C14H14O.B.3FH/c1-3-7-13(8-4-1)11-15-12-14-9-5-2-6-10-14;;;;/h1-10H,11-12H2;;3*1H. The van der Waals surface area contributed by atoms with Gasteiger partial charge < -0.3 is 4.74 Å². The van der Waals surface area contributed by atoms with E-state index in [1.807, 2.05) is 36.4 Å². The molecule has 0 saturated heterocycles. The lowest BCUT2D eigenvalue weighted by molar-refractivity contribution is 0.107. The van der Waals surface area contributed by atoms with E-state index in [1.165, 1.54) is 11.1 Å². The Labute approximate surface area is 113 Å². The highest BCUT2D eigenvalue weighted by Crippen LogP contribution is 2.05. The Bertz CT molecular complexity index is 358. The summed E-state index contributed by atoms with van der Waals surface area (Å²) in [4.78, 5) is 0. The first-order chi connectivity index (χ1) is 7.45. The zero-order chi connectivity index (χ0) is 10.3. The summed E-state index contributed by atoms with van der Waals surface area (Å²) >= 11 is 0. The zero-order valence-corrected chi connectivity index (χ0v) is 10.4. The molecular formula is C14H17BF3O. The maximum Gasteiger partial charge on any atom is 0.0721 e. The smallest absolute Gasteiger partial charge is 0.0721 e. The third-order valence-corrected chi connectivity index (χ3v) is 2.22. The quantitative estimate of drug-likeness (QED) is 0.772. The van der Waals surface area contributed by atoms with Crippen molar-refractivity contribution in [3.8, 4) is 0 Å². The maximum atomic E-state index is 5.61. The molecule has 2 aromatic carbocycles. The van der Waals surface area contributed by atoms with Crippen LogP contribution in [0.2, 0.25) is 0 Å². The molecule has 0 fully saturated rings. The first kappa shape index (κ1) is 22.4. The summed E-state index contributed by atoms with van der Waals surface area (Å²) in [6.45, 7) is 1.35. The van der Waals surface area contributed by atoms with Crippen molar-refractivity contribution in [2.45, 2.75) is 13.2 Å². The second-order valence-electron chi connectivity index (χ2n) is 3.46. The van der Waals surface area contributed by atoms with Crippen LogP contribution in [0.4, 0.5) is 14.1 Å². The largest absolute Gasteiger partial charge is 0.372 e. The minimum Gasteiger partial charge on any atom is -0.372 e. The summed E-state index contributed by atoms with van der Waals surface area (Å²) in [6.07, 6.45) is 0. The van der Waals surface area contributed by atoms with Crippen LogP contribution in [-0.4, -0.2) is 8.41 Å². The first-order valence-electron chi connectivity index (χ1n) is 5.11. The highest BCUT2D eigenvalue weighted by molar-refractivity contribution is 5.75. The highest BCUT2D eigenvalue weighted by atomic mass is 19.0. The maximum absolute atomic E-state index is 5.61. The van der Waals surface area contributed by atoms with Crippen LogP contribution in [0.25, 0.3) is 0 Å². The van der Waals surface area contributed by atoms with Crippen LogP contribution in [0.15, 0.2) is 60.7 Å². The molecule has 0 aliphatic rings. The summed E-state index contributed by atoms with van der Waals surface area (Å²) in [5.74, 6) is 0. The van der Waals surface area contributed by atoms with Gasteiger partial charge in [-0.05, 0) is 11.1 Å². The highest BCUT2D eigenvalue weighted by Gasteiger charge is 1.93. The van der Waals surface area contributed by atoms with Crippen LogP contribution < -0.4 is 0 Å². The van der Waals surface area contributed by atoms with Gasteiger partial charge in [0.25, 0.3) is 0 Å². The van der Waals surface area contributed by atoms with Crippen molar-refractivity contribution in [3.63, 3.8) is 0 Å². The van der Waals surface area contributed by atoms with E-state index in [0.717, 1.165) is 0 Å². The number of hydrogen-bond acceptors (Lipinski definition) is 1. The number of ether oxygens (including phenoxy) is 1. The van der Waals surface area contributed by atoms with Crippen LogP contribution in [0, 0.1) is 0 Å². The summed E-state index contributed by atoms with van der Waals surface area (Å²) in [5.41, 5.74) is 2.43. The van der Waals surface area contributed by atoms with Gasteiger partial charge in [0, 0.05) is 8.41 Å². The van der Waals surface area contributed by atoms with Crippen LogP contribution in [0.5, 0.6) is 0 Å². The average Bonchev–Trinajstić information content (AvgIpc) is 2.32. The second-order valence-corrected chi connectivity index (χ2v) is 3.46. The molecule has 0 aliphatic carbocycles. The average molecular weight is 269 g/mol. The Balaban J connectivity index is -0.000000640. The van der Waals surface area contributed by atoms with E-state index in [9.17, 15) is 0 Å². The Morgan fingerprint density at radius 2 is 0.895 bits per heavy atom. The molecule has 0 heterocycles. The SMILES string of the molecule is F.F.F.[B].c1ccc(COCc2ccccc2)cc1. The van der Waals surface area contributed by atoms with E-state index in [1.54, 1.807) is 0 Å². The van der Waals surface area contributed by atoms with E-state index in [0.29, 0.717) is 13.2 Å². The van der Waals surface area contributed by atoms with Gasteiger partial charge in [0.1, 0.15) is 0 Å². The van der Waals surface area contributed by atoms with E-state index in [4.69, 9.17) is 4.74 Å². The molecule has 2 aromatic rings. The van der Waals surface area contributed by atoms with E-state index in [-0.39, 0.29) is 22.5 Å². The van der Waals surface area contributed by atoms with Gasteiger partial charge in [0.15, 0.2) is 0 Å². The van der Waals surface area contributed by atoms with Crippen molar-refractivity contribution in [1.82, 2.24) is 0 Å². The predicted molar refractivity (Wildman–Crippen MR) is 74.6 cm³/mol. The van der Waals surface area contributed by atoms with Crippen LogP contribution in [0.3, 0.4) is 0 Å². The molecule has 103 valence electrons. The zero-order valence-electron chi connectivity index (χ0n) is 10.4. The van der Waals surface area contributed by atoms with Gasteiger partial charge in [-0.1, -0.05) is 60.7 Å². The fourth-order valence-electron chi connectivity index (χ4n) is 1.44. The van der Waals surface area contributed by atoms with E-state index >= 15 is 0 Å². The molecule has 0 saturated carbocycles. The molecule has 0 N–H and O–H groups in total. The van der Waals surface area contributed by atoms with Crippen molar-refractivity contribution in [3.05, 3.63) is 71.8 Å². The van der Waals surface area contributed by atoms with Crippen molar-refractivity contribution in [1.29, 1.82) is 0 Å². The third kappa shape index (κ3) is 8.05. The lowest BCUT2D eigenvalue weighted by Gasteiger charge is -2.03. The van der Waals surface area contributed by atoms with Gasteiger partial charge in [0.2, 0.25) is 0 Å². The molecule has 1 nitrogen and oxygen atoms in total. The summed E-state index contributed by atoms with van der Waals surface area (Å²) in [6, 6.07) is 20.4. The minimum atomic E-state index is 0. The Kier molecular flexibility index (Phi) is 15.0. The molecule has 2 rings (SSSR count). The third-order valence-electron chi connectivity index (χ3n) is 2.22. The summed E-state index contributed by atoms with van der Waals surface area (Å²) < 4.78 is 5.61. The monoisotopic (exact) mass is 269 g/mol. The van der Waals surface area contributed by atoms with Gasteiger partial charge >= 0.3 is 0 Å². The molecule has 5 heteroatoms. The van der Waals surface area contributed by atoms with E-state index in [2.05, 4.69) is 24.3 Å². The molecule has 0 aromatic heterocycles. The van der Waals surface area contributed by atoms with Crippen molar-refractivity contribution in [2.24, 2.45) is 0 Å². The van der Waals surface area contributed by atoms with Gasteiger partial charge in [-0.15, -0.1) is 0 Å². The molecule has 0 spiro atoms. The van der Waals surface area contributed by atoms with Gasteiger partial charge in [-0.3, -0.25) is 14.1 Å². The molecule has 0 amide bonds. The normalized spacial score (nSPS) is 8.00. The lowest BCUT2D eigenvalue weighted by atomic mass is 10.2. The topological polar surface area (TPSA) is 9.23 Å². The molecular weight excluding hydrogens is 252 g/mol. The molecule has 0 atom stereocenters. The molecule has 19 heavy (non-hydrogen) atoms. The first-order valence-corrected chi connectivity index (χ1v) is 5.11. The van der Waals surface area contributed by atoms with E-state index < -0.39 is 0 Å². The van der Waals surface area contributed by atoms with Gasteiger partial charge in [-0.2, -0.15) is 0 Å². The Hall–Kier alpha value is -1.75. The summed E-state index contributed by atoms with van der Waals surface area (Å²) in [5, 5.41) is 0. The minimum absolute atomic E-state index is 0. The number of hydrogen-bond donors (Lipinski definition) is 0. The fraction of sp³-hybridized carbons (Fsp3) is 0.143. The predicted octanol–water partition coefficient (Wildman–Crippen LogP) is 3.48. The van der Waals surface area contributed by atoms with Crippen molar-refractivity contribution in [2.75, 3.05) is 0 Å². The number of rotatable bonds is 4. The second kappa shape index (κ2) is 12.7.